The third kappa shape index (κ3) is 16.3. The van der Waals surface area contributed by atoms with Crippen LogP contribution >= 0.6 is 21.6 Å². The van der Waals surface area contributed by atoms with Crippen LogP contribution in [0, 0.1) is 0 Å². The number of hydrogen-bond donors (Lipinski definition) is 0. The molecule has 0 aliphatic heterocycles. The summed E-state index contributed by atoms with van der Waals surface area (Å²) >= 11 is 0. The van der Waals surface area contributed by atoms with Gasteiger partial charge in [0.25, 0.3) is 0 Å². The van der Waals surface area contributed by atoms with Crippen molar-refractivity contribution >= 4 is 67.8 Å². The molecule has 0 bridgehead atoms. The van der Waals surface area contributed by atoms with Gasteiger partial charge in [0, 0.05) is 90.8 Å². The maximum atomic E-state index is 6.44. The van der Waals surface area contributed by atoms with Crippen LogP contribution < -0.4 is 0 Å². The van der Waals surface area contributed by atoms with E-state index >= 15 is 0 Å². The first kappa shape index (κ1) is 52.4. The van der Waals surface area contributed by atoms with Crippen LogP contribution in [0.25, 0.3) is 0 Å². The second-order valence-corrected chi connectivity index (χ2v) is 24.9. The smallest absolute Gasteiger partial charge is 0.374 e. The normalized spacial score (nSPS) is 13.1. The molecule has 0 aliphatic carbocycles. The lowest BCUT2D eigenvalue weighted by Gasteiger charge is -2.42. The van der Waals surface area contributed by atoms with Gasteiger partial charge in [-0.3, -0.25) is 0 Å². The van der Waals surface area contributed by atoms with Crippen LogP contribution in [0.3, 0.4) is 0 Å². The Morgan fingerprint density at radius 3 is 0.571 bits per heavy atom. The van der Waals surface area contributed by atoms with E-state index in [1.165, 1.54) is 0 Å². The monoisotopic (exact) mass is 830 g/mol. The average molecular weight is 831 g/mol. The van der Waals surface area contributed by atoms with E-state index in [1.807, 2.05) is 83.1 Å². The molecule has 12 nitrogen and oxygen atoms in total. The minimum atomic E-state index is -3.29. The van der Waals surface area contributed by atoms with Crippen molar-refractivity contribution < 1.29 is 53.1 Å². The van der Waals surface area contributed by atoms with Gasteiger partial charge in [-0.25, -0.2) is 0 Å². The summed E-state index contributed by atoms with van der Waals surface area (Å²) in [5, 5.41) is -0.568. The highest BCUT2D eigenvalue weighted by Crippen LogP contribution is 2.44. The summed E-state index contributed by atoms with van der Waals surface area (Å²) in [5.41, 5.74) is 0. The lowest BCUT2D eigenvalue weighted by Crippen LogP contribution is -2.64. The highest BCUT2D eigenvalue weighted by molar-refractivity contribution is 8.76. The molecule has 49 heavy (non-hydrogen) atoms. The van der Waals surface area contributed by atoms with Gasteiger partial charge >= 0.3 is 35.2 Å². The molecule has 0 fully saturated rings. The largest absolute Gasteiger partial charge is 0.508 e. The topological polar surface area (TPSA) is 111 Å². The van der Waals surface area contributed by atoms with Gasteiger partial charge in [0.2, 0.25) is 0 Å². The van der Waals surface area contributed by atoms with E-state index < -0.39 is 35.2 Å². The Morgan fingerprint density at radius 1 is 0.306 bits per heavy atom. The molecule has 0 aliphatic rings. The van der Waals surface area contributed by atoms with Crippen molar-refractivity contribution in [1.29, 1.82) is 0 Å². The van der Waals surface area contributed by atoms with Gasteiger partial charge in [-0.2, -0.15) is 0 Å². The van der Waals surface area contributed by atoms with Crippen LogP contribution in [0.2, 0.25) is 10.3 Å². The molecular weight excluding hydrogens is 757 g/mol. The molecule has 0 aromatic rings. The first-order valence-electron chi connectivity index (χ1n) is 18.1. The molecule has 0 N–H and O–H groups in total. The van der Waals surface area contributed by atoms with E-state index in [0.29, 0.717) is 92.1 Å². The molecular formula is C30H74O12S2Si5. The second-order valence-electron chi connectivity index (χ2n) is 9.94. The molecule has 0 amide bonds. The maximum absolute atomic E-state index is 6.44. The van der Waals surface area contributed by atoms with Gasteiger partial charge in [0.1, 0.15) is 10.3 Å². The second kappa shape index (κ2) is 30.6. The summed E-state index contributed by atoms with van der Waals surface area (Å²) in [6.45, 7) is 29.1. The minimum Gasteiger partial charge on any atom is -0.374 e. The zero-order chi connectivity index (χ0) is 36.4. The fourth-order valence-electron chi connectivity index (χ4n) is 5.71. The van der Waals surface area contributed by atoms with Crippen molar-refractivity contribution in [2.24, 2.45) is 0 Å². The summed E-state index contributed by atoms with van der Waals surface area (Å²) < 4.78 is 77.3. The van der Waals surface area contributed by atoms with Gasteiger partial charge in [0.15, 0.2) is 0 Å². The summed E-state index contributed by atoms with van der Waals surface area (Å²) in [4.78, 5) is 0. The molecule has 0 heterocycles. The van der Waals surface area contributed by atoms with E-state index in [-0.39, 0.29) is 21.3 Å². The SMILES string of the molecule is CCO[Si](OCC)(OCC)C(CCSSCCC([Si](OCC)(OCC)OCC)[Si](OCC)(OCC)OCC)[Si](OCC)(OCC)OCC.[SiH4]. The predicted molar refractivity (Wildman–Crippen MR) is 216 cm³/mol. The molecule has 0 saturated carbocycles. The van der Waals surface area contributed by atoms with Gasteiger partial charge < -0.3 is 53.1 Å². The van der Waals surface area contributed by atoms with Crippen molar-refractivity contribution in [2.75, 3.05) is 90.8 Å². The molecule has 0 unspecified atom stereocenters. The fourth-order valence-corrected chi connectivity index (χ4v) is 25.4. The van der Waals surface area contributed by atoms with Crippen molar-refractivity contribution in [3.05, 3.63) is 0 Å². The zero-order valence-electron chi connectivity index (χ0n) is 32.2. The fraction of sp³-hybridized carbons (Fsp3) is 1.00. The third-order valence-electron chi connectivity index (χ3n) is 6.92. The molecule has 0 rings (SSSR count). The number of rotatable bonds is 35. The summed E-state index contributed by atoms with van der Waals surface area (Å²) in [6.07, 6.45) is 1.37. The Bertz CT molecular complexity index is 592. The minimum absolute atomic E-state index is 0. The number of hydrogen-bond acceptors (Lipinski definition) is 14. The average Bonchev–Trinajstić information content (AvgIpc) is 3.03. The van der Waals surface area contributed by atoms with Crippen LogP contribution in [0.5, 0.6) is 0 Å². The predicted octanol–water partition coefficient (Wildman–Crippen LogP) is 5.71. The third-order valence-corrected chi connectivity index (χ3v) is 26.5. The molecule has 298 valence electrons. The molecule has 0 saturated heterocycles. The molecule has 0 aromatic carbocycles. The van der Waals surface area contributed by atoms with Gasteiger partial charge in [-0.15, -0.1) is 0 Å². The Kier molecular flexibility index (Phi) is 32.7. The van der Waals surface area contributed by atoms with E-state index in [2.05, 4.69) is 0 Å². The quantitative estimate of drug-likeness (QED) is 0.0442. The Hall–Kier alpha value is 1.30. The van der Waals surface area contributed by atoms with E-state index in [1.54, 1.807) is 21.6 Å². The van der Waals surface area contributed by atoms with E-state index in [9.17, 15) is 0 Å². The van der Waals surface area contributed by atoms with Gasteiger partial charge in [-0.1, -0.05) is 21.6 Å². The van der Waals surface area contributed by atoms with Crippen LogP contribution in [-0.4, -0.2) is 137 Å². The van der Waals surface area contributed by atoms with Crippen molar-refractivity contribution in [1.82, 2.24) is 0 Å². The van der Waals surface area contributed by atoms with Crippen LogP contribution in [0.4, 0.5) is 0 Å². The Morgan fingerprint density at radius 2 is 0.449 bits per heavy atom. The highest BCUT2D eigenvalue weighted by Gasteiger charge is 2.66. The van der Waals surface area contributed by atoms with Gasteiger partial charge in [0.05, 0.1) is 0 Å². The van der Waals surface area contributed by atoms with Crippen LogP contribution in [-0.2, 0) is 53.1 Å². The first-order chi connectivity index (χ1) is 23.2. The van der Waals surface area contributed by atoms with E-state index in [4.69, 9.17) is 53.1 Å². The summed E-state index contributed by atoms with van der Waals surface area (Å²) in [7, 11) is -9.59. The summed E-state index contributed by atoms with van der Waals surface area (Å²) in [6, 6.07) is 0. The van der Waals surface area contributed by atoms with Crippen molar-refractivity contribution in [3.8, 4) is 0 Å². The van der Waals surface area contributed by atoms with E-state index in [0.717, 1.165) is 11.5 Å². The molecule has 0 atom stereocenters. The molecule has 0 aromatic heterocycles. The standard InChI is InChI=1S/C30H70O12S2Si4.H4Si/c1-13-31-45(32-14-2,33-15-3)29(46(34-16-4,35-17-5)36-18-6)25-27-43-44-28-26-30(47(37-19-7,38-20-8)39-21-9)48(40-22-10,41-23-11)42-24-12;/h29-30H,13-28H2,1-12H3;1H4. The van der Waals surface area contributed by atoms with Crippen LogP contribution in [0.1, 0.15) is 95.9 Å². The highest BCUT2D eigenvalue weighted by atomic mass is 33.1. The molecule has 0 spiro atoms. The van der Waals surface area contributed by atoms with Crippen molar-refractivity contribution in [3.63, 3.8) is 0 Å². The van der Waals surface area contributed by atoms with Crippen LogP contribution in [0.15, 0.2) is 0 Å². The summed E-state index contributed by atoms with van der Waals surface area (Å²) in [5.74, 6) is 1.56. The molecule has 0 radical (unpaired) electrons. The lowest BCUT2D eigenvalue weighted by atomic mass is 10.6. The first-order valence-corrected chi connectivity index (χ1v) is 27.8. The Labute approximate surface area is 316 Å². The molecule has 19 heteroatoms. The van der Waals surface area contributed by atoms with Crippen molar-refractivity contribution in [2.45, 2.75) is 106 Å². The Balaban J connectivity index is 0. The lowest BCUT2D eigenvalue weighted by molar-refractivity contribution is 0.0306. The maximum Gasteiger partial charge on any atom is 0.508 e. The zero-order valence-corrected chi connectivity index (χ0v) is 37.8. The van der Waals surface area contributed by atoms with Gasteiger partial charge in [-0.05, 0) is 107 Å².